The normalized spacial score (nSPS) is 14.4. The average Bonchev–Trinajstić information content (AvgIpc) is 2.68. The molecule has 9 nitrogen and oxygen atoms in total. The molecule has 0 radical (unpaired) electrons. The summed E-state index contributed by atoms with van der Waals surface area (Å²) >= 11 is 0. The molecular weight excluding hydrogens is 421 g/mol. The number of rotatable bonds is 7. The summed E-state index contributed by atoms with van der Waals surface area (Å²) in [5.41, 5.74) is 0.300. The lowest BCUT2D eigenvalue weighted by molar-refractivity contribution is -0.274. The maximum atomic E-state index is 12.4. The molecule has 0 saturated carbocycles. The summed E-state index contributed by atoms with van der Waals surface area (Å²) in [7, 11) is 1.60. The molecule has 0 unspecified atom stereocenters. The van der Waals surface area contributed by atoms with E-state index in [0.29, 0.717) is 31.9 Å². The van der Waals surface area contributed by atoms with Crippen molar-refractivity contribution in [2.24, 2.45) is 0 Å². The molecule has 31 heavy (non-hydrogen) atoms. The fourth-order valence-corrected chi connectivity index (χ4v) is 2.93. The van der Waals surface area contributed by atoms with E-state index in [1.807, 2.05) is 0 Å². The van der Waals surface area contributed by atoms with Crippen LogP contribution in [0.5, 0.6) is 5.75 Å². The summed E-state index contributed by atoms with van der Waals surface area (Å²) in [5, 5.41) is 2.55. The first kappa shape index (κ1) is 24.3. The van der Waals surface area contributed by atoms with Gasteiger partial charge in [-0.3, -0.25) is 14.5 Å². The molecular formula is C19H25F3N4O5. The lowest BCUT2D eigenvalue weighted by Crippen LogP contribution is -2.52. The molecule has 12 heteroatoms. The number of carbonyl (C=O) groups is 3. The van der Waals surface area contributed by atoms with Crippen LogP contribution in [0, 0.1) is 0 Å². The van der Waals surface area contributed by atoms with E-state index in [2.05, 4.69) is 10.1 Å². The molecule has 0 aliphatic carbocycles. The molecule has 1 aliphatic heterocycles. The van der Waals surface area contributed by atoms with Gasteiger partial charge in [-0.05, 0) is 38.2 Å². The second-order valence-electron chi connectivity index (χ2n) is 6.86. The fraction of sp³-hybridized carbons (Fsp3) is 0.526. The minimum Gasteiger partial charge on any atom is -0.450 e. The van der Waals surface area contributed by atoms with E-state index >= 15 is 0 Å². The molecule has 3 amide bonds. The predicted molar refractivity (Wildman–Crippen MR) is 104 cm³/mol. The molecule has 2 rings (SSSR count). The van der Waals surface area contributed by atoms with Crippen molar-refractivity contribution < 1.29 is 37.0 Å². The van der Waals surface area contributed by atoms with Gasteiger partial charge in [0.25, 0.3) is 0 Å². The minimum atomic E-state index is -4.79. The summed E-state index contributed by atoms with van der Waals surface area (Å²) < 4.78 is 45.2. The highest BCUT2D eigenvalue weighted by Gasteiger charge is 2.31. The van der Waals surface area contributed by atoms with Crippen molar-refractivity contribution in [3.63, 3.8) is 0 Å². The molecule has 1 heterocycles. The lowest BCUT2D eigenvalue weighted by atomic mass is 10.3. The highest BCUT2D eigenvalue weighted by Crippen LogP contribution is 2.23. The third-order valence-corrected chi connectivity index (χ3v) is 4.35. The number of likely N-dealkylation sites (N-methyl/N-ethyl adjacent to an activating group) is 1. The van der Waals surface area contributed by atoms with Gasteiger partial charge >= 0.3 is 12.5 Å². The number of amides is 3. The first-order valence-electron chi connectivity index (χ1n) is 9.61. The predicted octanol–water partition coefficient (Wildman–Crippen LogP) is 1.76. The molecule has 0 atom stereocenters. The highest BCUT2D eigenvalue weighted by molar-refractivity contribution is 5.92. The number of carbonyl (C=O) groups excluding carboxylic acids is 3. The molecule has 1 fully saturated rings. The van der Waals surface area contributed by atoms with Crippen LogP contribution in [0.25, 0.3) is 0 Å². The van der Waals surface area contributed by atoms with Crippen molar-refractivity contribution in [1.29, 1.82) is 0 Å². The van der Waals surface area contributed by atoms with E-state index in [9.17, 15) is 27.6 Å². The summed E-state index contributed by atoms with van der Waals surface area (Å²) in [4.78, 5) is 40.9. The van der Waals surface area contributed by atoms with E-state index in [0.717, 1.165) is 12.1 Å². The quantitative estimate of drug-likeness (QED) is 0.687. The van der Waals surface area contributed by atoms with Gasteiger partial charge in [-0.25, -0.2) is 4.79 Å². The number of hydrogen-bond donors (Lipinski definition) is 1. The lowest BCUT2D eigenvalue weighted by Gasteiger charge is -2.34. The molecule has 1 saturated heterocycles. The smallest absolute Gasteiger partial charge is 0.450 e. The molecule has 1 aliphatic rings. The number of nitrogens with one attached hydrogen (secondary N) is 1. The number of alkyl halides is 3. The van der Waals surface area contributed by atoms with Crippen molar-refractivity contribution in [3.8, 4) is 5.75 Å². The van der Waals surface area contributed by atoms with Crippen LogP contribution < -0.4 is 10.1 Å². The summed E-state index contributed by atoms with van der Waals surface area (Å²) in [6, 6.07) is 4.75. The van der Waals surface area contributed by atoms with E-state index in [1.165, 1.54) is 21.9 Å². The first-order chi connectivity index (χ1) is 14.6. The Morgan fingerprint density at radius 2 is 1.61 bits per heavy atom. The fourth-order valence-electron chi connectivity index (χ4n) is 2.93. The van der Waals surface area contributed by atoms with E-state index in [4.69, 9.17) is 4.74 Å². The zero-order valence-corrected chi connectivity index (χ0v) is 17.3. The van der Waals surface area contributed by atoms with E-state index in [-0.39, 0.29) is 25.6 Å². The third-order valence-electron chi connectivity index (χ3n) is 4.35. The van der Waals surface area contributed by atoms with Gasteiger partial charge in [0.2, 0.25) is 11.8 Å². The SMILES string of the molecule is CCOC(=O)N1CCN(C(=O)CN(C)CC(=O)Nc2ccc(OC(F)(F)F)cc2)CC1. The molecule has 0 spiro atoms. The van der Waals surface area contributed by atoms with Crippen LogP contribution in [-0.4, -0.2) is 91.9 Å². The Morgan fingerprint density at radius 1 is 1.03 bits per heavy atom. The Kier molecular flexibility index (Phi) is 8.48. The highest BCUT2D eigenvalue weighted by atomic mass is 19.4. The Balaban J connectivity index is 1.74. The van der Waals surface area contributed by atoms with Crippen LogP contribution in [0.1, 0.15) is 6.92 Å². The van der Waals surface area contributed by atoms with Gasteiger partial charge in [0.15, 0.2) is 0 Å². The number of hydrogen-bond acceptors (Lipinski definition) is 6. The zero-order valence-electron chi connectivity index (χ0n) is 17.3. The van der Waals surface area contributed by atoms with Gasteiger partial charge in [-0.15, -0.1) is 13.2 Å². The van der Waals surface area contributed by atoms with Gasteiger partial charge < -0.3 is 24.6 Å². The Hall–Kier alpha value is -3.02. The number of benzene rings is 1. The van der Waals surface area contributed by atoms with Crippen LogP contribution >= 0.6 is 0 Å². The largest absolute Gasteiger partial charge is 0.573 e. The Labute approximate surface area is 177 Å². The van der Waals surface area contributed by atoms with Crippen LogP contribution in [-0.2, 0) is 14.3 Å². The van der Waals surface area contributed by atoms with Crippen LogP contribution in [0.15, 0.2) is 24.3 Å². The summed E-state index contributed by atoms with van der Waals surface area (Å²) in [6.07, 6.45) is -5.19. The van der Waals surface area contributed by atoms with Gasteiger partial charge in [0.1, 0.15) is 5.75 Å². The zero-order chi connectivity index (χ0) is 23.0. The number of nitrogens with zero attached hydrogens (tertiary/aromatic N) is 3. The summed E-state index contributed by atoms with van der Waals surface area (Å²) in [6.45, 7) is 3.44. The van der Waals surface area contributed by atoms with Crippen LogP contribution in [0.3, 0.4) is 0 Å². The first-order valence-corrected chi connectivity index (χ1v) is 9.61. The van der Waals surface area contributed by atoms with Crippen LogP contribution in [0.4, 0.5) is 23.7 Å². The van der Waals surface area contributed by atoms with Gasteiger partial charge in [-0.2, -0.15) is 0 Å². The number of anilines is 1. The molecule has 0 bridgehead atoms. The van der Waals surface area contributed by atoms with E-state index < -0.39 is 24.1 Å². The van der Waals surface area contributed by atoms with Crippen molar-refractivity contribution >= 4 is 23.6 Å². The van der Waals surface area contributed by atoms with Gasteiger partial charge in [0, 0.05) is 31.9 Å². The second-order valence-corrected chi connectivity index (χ2v) is 6.86. The molecule has 172 valence electrons. The van der Waals surface area contributed by atoms with Gasteiger partial charge in [-0.1, -0.05) is 0 Å². The maximum absolute atomic E-state index is 12.4. The van der Waals surface area contributed by atoms with Crippen molar-refractivity contribution in [2.75, 3.05) is 58.2 Å². The Morgan fingerprint density at radius 3 is 2.16 bits per heavy atom. The third kappa shape index (κ3) is 8.32. The summed E-state index contributed by atoms with van der Waals surface area (Å²) in [5.74, 6) is -0.990. The van der Waals surface area contributed by atoms with Crippen molar-refractivity contribution in [2.45, 2.75) is 13.3 Å². The van der Waals surface area contributed by atoms with Crippen molar-refractivity contribution in [3.05, 3.63) is 24.3 Å². The number of ether oxygens (including phenoxy) is 2. The molecule has 0 aromatic heterocycles. The van der Waals surface area contributed by atoms with E-state index in [1.54, 1.807) is 18.9 Å². The maximum Gasteiger partial charge on any atom is 0.573 e. The topological polar surface area (TPSA) is 91.4 Å². The number of piperazine rings is 1. The number of halogens is 3. The monoisotopic (exact) mass is 446 g/mol. The average molecular weight is 446 g/mol. The van der Waals surface area contributed by atoms with Crippen LogP contribution in [0.2, 0.25) is 0 Å². The Bertz CT molecular complexity index is 765. The second kappa shape index (κ2) is 10.8. The molecule has 1 N–H and O–H groups in total. The standard InChI is InChI=1S/C19H25F3N4O5/c1-3-30-18(29)26-10-8-25(9-11-26)17(28)13-24(2)12-16(27)23-14-4-6-15(7-5-14)31-19(20,21)22/h4-7H,3,8-13H2,1-2H3,(H,23,27). The minimum absolute atomic E-state index is 0.00515. The van der Waals surface area contributed by atoms with Gasteiger partial charge in [0.05, 0.1) is 19.7 Å². The van der Waals surface area contributed by atoms with Crippen molar-refractivity contribution in [1.82, 2.24) is 14.7 Å². The molecule has 1 aromatic rings. The molecule has 1 aromatic carbocycles.